The molecule has 2 atom stereocenters. The summed E-state index contributed by atoms with van der Waals surface area (Å²) in [5, 5.41) is 0. The van der Waals surface area contributed by atoms with Crippen molar-refractivity contribution in [3.8, 4) is 0 Å². The zero-order chi connectivity index (χ0) is 14.3. The second kappa shape index (κ2) is 4.71. The summed E-state index contributed by atoms with van der Waals surface area (Å²) < 4.78 is 0. The van der Waals surface area contributed by atoms with Crippen molar-refractivity contribution in [1.29, 1.82) is 0 Å². The van der Waals surface area contributed by atoms with Gasteiger partial charge in [-0.3, -0.25) is 4.79 Å². The van der Waals surface area contributed by atoms with E-state index in [-0.39, 0.29) is 23.6 Å². The standard InChI is InChI=1S/C16H17N3O/c1-9-12(11-6-4-3-5-7-11)8-13(20)14-10(2)18-16(17)19-15(9)14/h3-7,9,12H,8H2,1-2H3,(H2,17,18,19). The van der Waals surface area contributed by atoms with Gasteiger partial charge in [0.05, 0.1) is 17.0 Å². The third kappa shape index (κ3) is 1.97. The number of carbonyl (C=O) groups is 1. The molecule has 0 radical (unpaired) electrons. The van der Waals surface area contributed by atoms with Crippen LogP contribution in [0.15, 0.2) is 30.3 Å². The van der Waals surface area contributed by atoms with E-state index < -0.39 is 0 Å². The number of ketones is 1. The van der Waals surface area contributed by atoms with Gasteiger partial charge in [-0.15, -0.1) is 0 Å². The smallest absolute Gasteiger partial charge is 0.220 e. The number of nitrogens with two attached hydrogens (primary N) is 1. The van der Waals surface area contributed by atoms with Crippen molar-refractivity contribution in [3.05, 3.63) is 52.8 Å². The summed E-state index contributed by atoms with van der Waals surface area (Å²) in [4.78, 5) is 20.9. The number of hydrogen-bond acceptors (Lipinski definition) is 4. The van der Waals surface area contributed by atoms with E-state index >= 15 is 0 Å². The Balaban J connectivity index is 2.11. The van der Waals surface area contributed by atoms with Gasteiger partial charge in [0, 0.05) is 12.3 Å². The topological polar surface area (TPSA) is 68.9 Å². The zero-order valence-corrected chi connectivity index (χ0v) is 11.6. The minimum atomic E-state index is 0.115. The highest BCUT2D eigenvalue weighted by Gasteiger charge is 2.35. The third-order valence-electron chi connectivity index (χ3n) is 4.08. The number of nitrogen functional groups attached to an aromatic ring is 1. The lowest BCUT2D eigenvalue weighted by atomic mass is 9.74. The molecule has 4 nitrogen and oxygen atoms in total. The van der Waals surface area contributed by atoms with Crippen LogP contribution in [0, 0.1) is 6.92 Å². The van der Waals surface area contributed by atoms with Crippen LogP contribution in [0.25, 0.3) is 0 Å². The number of hydrogen-bond donors (Lipinski definition) is 1. The molecule has 3 rings (SSSR count). The lowest BCUT2D eigenvalue weighted by molar-refractivity contribution is 0.0955. The number of aromatic nitrogens is 2. The van der Waals surface area contributed by atoms with E-state index in [1.54, 1.807) is 0 Å². The molecule has 1 aliphatic rings. The van der Waals surface area contributed by atoms with Crippen LogP contribution in [0.3, 0.4) is 0 Å². The van der Waals surface area contributed by atoms with Crippen molar-refractivity contribution < 1.29 is 4.79 Å². The molecule has 20 heavy (non-hydrogen) atoms. The Bertz CT molecular complexity index is 667. The fourth-order valence-corrected chi connectivity index (χ4v) is 3.07. The summed E-state index contributed by atoms with van der Waals surface area (Å²) in [5.41, 5.74) is 9.06. The molecule has 2 N–H and O–H groups in total. The molecule has 0 amide bonds. The molecule has 0 saturated heterocycles. The van der Waals surface area contributed by atoms with Crippen LogP contribution < -0.4 is 5.73 Å². The van der Waals surface area contributed by atoms with Gasteiger partial charge in [-0.05, 0) is 18.4 Å². The Kier molecular flexibility index (Phi) is 3.01. The first-order chi connectivity index (χ1) is 9.58. The highest BCUT2D eigenvalue weighted by atomic mass is 16.1. The summed E-state index contributed by atoms with van der Waals surface area (Å²) in [7, 11) is 0. The molecule has 2 aromatic rings. The lowest BCUT2D eigenvalue weighted by Gasteiger charge is -2.30. The zero-order valence-electron chi connectivity index (χ0n) is 11.6. The van der Waals surface area contributed by atoms with Crippen LogP contribution in [-0.2, 0) is 0 Å². The van der Waals surface area contributed by atoms with E-state index in [4.69, 9.17) is 5.73 Å². The predicted octanol–water partition coefficient (Wildman–Crippen LogP) is 2.84. The summed E-state index contributed by atoms with van der Waals surface area (Å²) in [6, 6.07) is 10.1. The first kappa shape index (κ1) is 12.8. The molecule has 0 saturated carbocycles. The van der Waals surface area contributed by atoms with Crippen molar-refractivity contribution in [2.45, 2.75) is 32.1 Å². The molecule has 1 aliphatic carbocycles. The van der Waals surface area contributed by atoms with Gasteiger partial charge < -0.3 is 5.73 Å². The SMILES string of the molecule is Cc1nc(N)nc2c1C(=O)CC(c1ccccc1)C2C. The quantitative estimate of drug-likeness (QED) is 0.862. The Hall–Kier alpha value is -2.23. The number of benzene rings is 1. The Morgan fingerprint density at radius 1 is 1.20 bits per heavy atom. The first-order valence-electron chi connectivity index (χ1n) is 6.80. The van der Waals surface area contributed by atoms with E-state index in [0.29, 0.717) is 17.7 Å². The van der Waals surface area contributed by atoms with Crippen molar-refractivity contribution in [3.63, 3.8) is 0 Å². The van der Waals surface area contributed by atoms with Gasteiger partial charge in [0.25, 0.3) is 0 Å². The molecule has 0 bridgehead atoms. The lowest BCUT2D eigenvalue weighted by Crippen LogP contribution is -2.25. The number of Topliss-reactive ketones (excluding diaryl/α,β-unsaturated/α-hetero) is 1. The second-order valence-electron chi connectivity index (χ2n) is 5.36. The minimum absolute atomic E-state index is 0.115. The number of aryl methyl sites for hydroxylation is 1. The van der Waals surface area contributed by atoms with Crippen LogP contribution >= 0.6 is 0 Å². The van der Waals surface area contributed by atoms with Crippen LogP contribution in [-0.4, -0.2) is 15.8 Å². The summed E-state index contributed by atoms with van der Waals surface area (Å²) in [6.07, 6.45) is 0.506. The van der Waals surface area contributed by atoms with Crippen molar-refractivity contribution >= 4 is 11.7 Å². The van der Waals surface area contributed by atoms with E-state index in [2.05, 4.69) is 29.0 Å². The van der Waals surface area contributed by atoms with Gasteiger partial charge in [-0.2, -0.15) is 0 Å². The maximum Gasteiger partial charge on any atom is 0.220 e. The molecular formula is C16H17N3O. The number of anilines is 1. The van der Waals surface area contributed by atoms with Crippen LogP contribution in [0.1, 0.15) is 52.5 Å². The van der Waals surface area contributed by atoms with E-state index in [0.717, 1.165) is 5.69 Å². The van der Waals surface area contributed by atoms with Crippen molar-refractivity contribution in [2.24, 2.45) is 0 Å². The van der Waals surface area contributed by atoms with Crippen LogP contribution in [0.2, 0.25) is 0 Å². The monoisotopic (exact) mass is 267 g/mol. The van der Waals surface area contributed by atoms with Crippen molar-refractivity contribution in [2.75, 3.05) is 5.73 Å². The predicted molar refractivity (Wildman–Crippen MR) is 77.7 cm³/mol. The molecule has 4 heteroatoms. The summed E-state index contributed by atoms with van der Waals surface area (Å²) in [6.45, 7) is 3.93. The Labute approximate surface area is 118 Å². The van der Waals surface area contributed by atoms with Gasteiger partial charge in [0.2, 0.25) is 5.95 Å². The van der Waals surface area contributed by atoms with Gasteiger partial charge in [-0.25, -0.2) is 9.97 Å². The highest BCUT2D eigenvalue weighted by Crippen LogP contribution is 2.41. The van der Waals surface area contributed by atoms with Gasteiger partial charge in [0.15, 0.2) is 5.78 Å². The summed E-state index contributed by atoms with van der Waals surface area (Å²) >= 11 is 0. The van der Waals surface area contributed by atoms with Crippen LogP contribution in [0.4, 0.5) is 5.95 Å². The molecule has 1 aromatic carbocycles. The fourth-order valence-electron chi connectivity index (χ4n) is 3.07. The normalized spacial score (nSPS) is 21.6. The van der Waals surface area contributed by atoms with E-state index in [1.807, 2.05) is 25.1 Å². The Morgan fingerprint density at radius 2 is 1.90 bits per heavy atom. The van der Waals surface area contributed by atoms with E-state index in [9.17, 15) is 4.79 Å². The molecule has 0 aliphatic heterocycles. The van der Waals surface area contributed by atoms with Gasteiger partial charge in [-0.1, -0.05) is 37.3 Å². The number of nitrogens with zero attached hydrogens (tertiary/aromatic N) is 2. The maximum atomic E-state index is 12.4. The number of rotatable bonds is 1. The molecule has 0 fully saturated rings. The average Bonchev–Trinajstić information content (AvgIpc) is 2.43. The molecule has 102 valence electrons. The fraction of sp³-hybridized carbons (Fsp3) is 0.312. The summed E-state index contributed by atoms with van der Waals surface area (Å²) in [5.74, 6) is 0.679. The second-order valence-corrected chi connectivity index (χ2v) is 5.36. The third-order valence-corrected chi connectivity index (χ3v) is 4.08. The first-order valence-corrected chi connectivity index (χ1v) is 6.80. The van der Waals surface area contributed by atoms with Crippen molar-refractivity contribution in [1.82, 2.24) is 9.97 Å². The molecule has 1 heterocycles. The van der Waals surface area contributed by atoms with Gasteiger partial charge >= 0.3 is 0 Å². The largest absolute Gasteiger partial charge is 0.368 e. The number of carbonyl (C=O) groups excluding carboxylic acids is 1. The average molecular weight is 267 g/mol. The van der Waals surface area contributed by atoms with Gasteiger partial charge in [0.1, 0.15) is 0 Å². The molecular weight excluding hydrogens is 250 g/mol. The molecule has 0 spiro atoms. The molecule has 1 aromatic heterocycles. The molecule has 2 unspecified atom stereocenters. The van der Waals surface area contributed by atoms with Crippen LogP contribution in [0.5, 0.6) is 0 Å². The number of fused-ring (bicyclic) bond motifs is 1. The highest BCUT2D eigenvalue weighted by molar-refractivity contribution is 6.00. The maximum absolute atomic E-state index is 12.4. The minimum Gasteiger partial charge on any atom is -0.368 e. The Morgan fingerprint density at radius 3 is 2.60 bits per heavy atom. The van der Waals surface area contributed by atoms with E-state index in [1.165, 1.54) is 5.56 Å².